The molecule has 2 rings (SSSR count). The number of benzene rings is 2. The Bertz CT molecular complexity index is 829. The summed E-state index contributed by atoms with van der Waals surface area (Å²) < 4.78 is 10.7. The maximum Gasteiger partial charge on any atom is 0.329 e. The molecule has 5 heteroatoms. The molecule has 0 N–H and O–H groups in total. The number of ether oxygens (including phenoxy) is 2. The van der Waals surface area contributed by atoms with Crippen molar-refractivity contribution in [3.05, 3.63) is 54.1 Å². The fourth-order valence-electron chi connectivity index (χ4n) is 2.95. The molecule has 0 fully saturated rings. The number of hydrogen-bond acceptors (Lipinski definition) is 4. The Morgan fingerprint density at radius 2 is 1.45 bits per heavy atom. The molecule has 0 aliphatic carbocycles. The van der Waals surface area contributed by atoms with Gasteiger partial charge in [0.25, 0.3) is 0 Å². The number of carbonyl (C=O) groups excluding carboxylic acids is 2. The lowest BCUT2D eigenvalue weighted by Gasteiger charge is -2.15. The summed E-state index contributed by atoms with van der Waals surface area (Å²) in [4.78, 5) is 23.8. The van der Waals surface area contributed by atoms with Crippen molar-refractivity contribution in [1.29, 1.82) is 0 Å². The van der Waals surface area contributed by atoms with Crippen molar-refractivity contribution in [2.24, 2.45) is 11.8 Å². The zero-order chi connectivity index (χ0) is 22.8. The summed E-state index contributed by atoms with van der Waals surface area (Å²) in [5, 5.41) is -0.643. The molecule has 168 valence electrons. The first-order chi connectivity index (χ1) is 14.8. The van der Waals surface area contributed by atoms with Crippen LogP contribution in [0.1, 0.15) is 52.5 Å². The number of carbonyl (C=O) groups is 2. The number of alkyl halides is 1. The molecule has 0 heterocycles. The van der Waals surface area contributed by atoms with Crippen LogP contribution in [0.3, 0.4) is 0 Å². The molecule has 3 unspecified atom stereocenters. The van der Waals surface area contributed by atoms with Gasteiger partial charge in [-0.1, -0.05) is 70.5 Å². The Labute approximate surface area is 190 Å². The van der Waals surface area contributed by atoms with E-state index in [1.807, 2.05) is 39.8 Å². The van der Waals surface area contributed by atoms with Crippen molar-refractivity contribution < 1.29 is 19.1 Å². The zero-order valence-electron chi connectivity index (χ0n) is 18.9. The van der Waals surface area contributed by atoms with E-state index in [2.05, 4.69) is 24.3 Å². The van der Waals surface area contributed by atoms with Gasteiger partial charge in [-0.3, -0.25) is 9.59 Å². The van der Waals surface area contributed by atoms with Crippen LogP contribution in [0.25, 0.3) is 11.1 Å². The zero-order valence-corrected chi connectivity index (χ0v) is 19.7. The van der Waals surface area contributed by atoms with Crippen molar-refractivity contribution in [3.8, 4) is 16.9 Å². The topological polar surface area (TPSA) is 52.6 Å². The standard InChI is InChI=1S/C26H33ClO4/c1-5-18(3)24(27)26(29)31-23-15-13-22(14-16-23)21-11-9-20(10-12-21)8-7-17-30-25(28)19(4)6-2/h9-16,18-19,24H,5-8,17H2,1-4H3. The summed E-state index contributed by atoms with van der Waals surface area (Å²) in [5.74, 6) is -0.00741. The fourth-order valence-corrected chi connectivity index (χ4v) is 3.17. The van der Waals surface area contributed by atoms with Gasteiger partial charge in [-0.2, -0.15) is 0 Å². The summed E-state index contributed by atoms with van der Waals surface area (Å²) in [6.45, 7) is 8.25. The lowest BCUT2D eigenvalue weighted by atomic mass is 10.0. The van der Waals surface area contributed by atoms with Crippen LogP contribution in [0, 0.1) is 11.8 Å². The second-order valence-corrected chi connectivity index (χ2v) is 8.48. The third-order valence-electron chi connectivity index (χ3n) is 5.60. The average Bonchev–Trinajstić information content (AvgIpc) is 2.80. The molecule has 31 heavy (non-hydrogen) atoms. The first-order valence-corrected chi connectivity index (χ1v) is 11.5. The largest absolute Gasteiger partial charge is 0.465 e. The molecule has 4 nitrogen and oxygen atoms in total. The highest BCUT2D eigenvalue weighted by Crippen LogP contribution is 2.24. The van der Waals surface area contributed by atoms with E-state index in [0.29, 0.717) is 12.4 Å². The van der Waals surface area contributed by atoms with Crippen LogP contribution in [0.15, 0.2) is 48.5 Å². The van der Waals surface area contributed by atoms with Gasteiger partial charge < -0.3 is 9.47 Å². The summed E-state index contributed by atoms with van der Waals surface area (Å²) in [7, 11) is 0. The third kappa shape index (κ3) is 7.70. The molecule has 0 bridgehead atoms. The minimum atomic E-state index is -0.643. The van der Waals surface area contributed by atoms with Gasteiger partial charge in [0.15, 0.2) is 0 Å². The minimum absolute atomic E-state index is 0.0366. The first-order valence-electron chi connectivity index (χ1n) is 11.1. The molecule has 2 aromatic rings. The SMILES string of the molecule is CCC(C)C(=O)OCCCc1ccc(-c2ccc(OC(=O)C(Cl)C(C)CC)cc2)cc1. The van der Waals surface area contributed by atoms with Crippen molar-refractivity contribution in [1.82, 2.24) is 0 Å². The molecule has 0 spiro atoms. The molecule has 0 saturated carbocycles. The molecule has 0 aromatic heterocycles. The van der Waals surface area contributed by atoms with Crippen molar-refractivity contribution in [2.75, 3.05) is 6.61 Å². The van der Waals surface area contributed by atoms with Gasteiger partial charge in [0.1, 0.15) is 11.1 Å². The van der Waals surface area contributed by atoms with Crippen molar-refractivity contribution in [2.45, 2.75) is 58.8 Å². The molecular weight excluding hydrogens is 412 g/mol. The monoisotopic (exact) mass is 444 g/mol. The predicted octanol–water partition coefficient (Wildman–Crippen LogP) is 6.43. The van der Waals surface area contributed by atoms with Crippen LogP contribution in [-0.2, 0) is 20.7 Å². The third-order valence-corrected chi connectivity index (χ3v) is 6.21. The molecule has 0 radical (unpaired) electrons. The highest BCUT2D eigenvalue weighted by molar-refractivity contribution is 6.30. The summed E-state index contributed by atoms with van der Waals surface area (Å²) >= 11 is 6.16. The Balaban J connectivity index is 1.86. The number of aryl methyl sites for hydroxylation is 1. The van der Waals surface area contributed by atoms with Gasteiger partial charge in [-0.05, 0) is 54.0 Å². The van der Waals surface area contributed by atoms with Crippen LogP contribution in [-0.4, -0.2) is 23.9 Å². The van der Waals surface area contributed by atoms with Crippen LogP contribution >= 0.6 is 11.6 Å². The second-order valence-electron chi connectivity index (χ2n) is 8.01. The smallest absolute Gasteiger partial charge is 0.329 e. The van der Waals surface area contributed by atoms with Crippen LogP contribution in [0.2, 0.25) is 0 Å². The van der Waals surface area contributed by atoms with Crippen LogP contribution in [0.4, 0.5) is 0 Å². The normalized spacial score (nSPS) is 13.8. The van der Waals surface area contributed by atoms with E-state index in [9.17, 15) is 9.59 Å². The van der Waals surface area contributed by atoms with Crippen molar-refractivity contribution >= 4 is 23.5 Å². The van der Waals surface area contributed by atoms with Crippen molar-refractivity contribution in [3.63, 3.8) is 0 Å². The number of hydrogen-bond donors (Lipinski definition) is 0. The molecule has 3 atom stereocenters. The van der Waals surface area contributed by atoms with Gasteiger partial charge in [-0.15, -0.1) is 11.6 Å². The van der Waals surface area contributed by atoms with Gasteiger partial charge in [0.2, 0.25) is 0 Å². The summed E-state index contributed by atoms with van der Waals surface area (Å²) in [6, 6.07) is 15.7. The van der Waals surface area contributed by atoms with Crippen LogP contribution in [0.5, 0.6) is 5.75 Å². The second kappa shape index (κ2) is 12.5. The van der Waals surface area contributed by atoms with Gasteiger partial charge in [0, 0.05) is 0 Å². The molecule has 2 aromatic carbocycles. The van der Waals surface area contributed by atoms with E-state index in [4.69, 9.17) is 21.1 Å². The van der Waals surface area contributed by atoms with E-state index < -0.39 is 11.3 Å². The molecule has 0 amide bonds. The Hall–Kier alpha value is -2.33. The lowest BCUT2D eigenvalue weighted by molar-refractivity contribution is -0.148. The minimum Gasteiger partial charge on any atom is -0.465 e. The highest BCUT2D eigenvalue weighted by atomic mass is 35.5. The molecule has 0 aliphatic heterocycles. The maximum atomic E-state index is 12.1. The Morgan fingerprint density at radius 3 is 2.00 bits per heavy atom. The fraction of sp³-hybridized carbons (Fsp3) is 0.462. The summed E-state index contributed by atoms with van der Waals surface area (Å²) in [5.41, 5.74) is 3.32. The first kappa shape index (κ1) is 24.9. The number of halogens is 1. The Morgan fingerprint density at radius 1 is 0.871 bits per heavy atom. The highest BCUT2D eigenvalue weighted by Gasteiger charge is 2.23. The van der Waals surface area contributed by atoms with E-state index in [0.717, 1.165) is 36.8 Å². The van der Waals surface area contributed by atoms with Crippen LogP contribution < -0.4 is 4.74 Å². The molecular formula is C26H33ClO4. The van der Waals surface area contributed by atoms with E-state index in [-0.39, 0.29) is 17.8 Å². The van der Waals surface area contributed by atoms with E-state index in [1.54, 1.807) is 12.1 Å². The quantitative estimate of drug-likeness (QED) is 0.173. The summed E-state index contributed by atoms with van der Waals surface area (Å²) in [6.07, 6.45) is 3.29. The predicted molar refractivity (Wildman–Crippen MR) is 125 cm³/mol. The Kier molecular flexibility index (Phi) is 10.1. The molecule has 0 saturated heterocycles. The lowest BCUT2D eigenvalue weighted by Crippen LogP contribution is -2.26. The van der Waals surface area contributed by atoms with Gasteiger partial charge >= 0.3 is 11.9 Å². The maximum absolute atomic E-state index is 12.1. The number of esters is 2. The molecule has 0 aliphatic rings. The van der Waals surface area contributed by atoms with Gasteiger partial charge in [-0.25, -0.2) is 0 Å². The van der Waals surface area contributed by atoms with E-state index in [1.165, 1.54) is 5.56 Å². The van der Waals surface area contributed by atoms with E-state index >= 15 is 0 Å². The van der Waals surface area contributed by atoms with Gasteiger partial charge in [0.05, 0.1) is 12.5 Å². The number of rotatable bonds is 11. The average molecular weight is 445 g/mol.